The summed E-state index contributed by atoms with van der Waals surface area (Å²) in [5, 5.41) is 2.75. The summed E-state index contributed by atoms with van der Waals surface area (Å²) in [6, 6.07) is 4.39. The van der Waals surface area contributed by atoms with E-state index in [2.05, 4.69) is 26.0 Å². The molecule has 25 heavy (non-hydrogen) atoms. The summed E-state index contributed by atoms with van der Waals surface area (Å²) in [4.78, 5) is 12.3. The first-order valence-corrected chi connectivity index (χ1v) is 10.4. The van der Waals surface area contributed by atoms with Crippen molar-refractivity contribution in [3.8, 4) is 0 Å². The Kier molecular flexibility index (Phi) is 7.82. The van der Waals surface area contributed by atoms with E-state index in [1.807, 2.05) is 0 Å². The number of hydrogen-bond acceptors (Lipinski definition) is 5. The Morgan fingerprint density at radius 3 is 2.92 bits per heavy atom. The monoisotopic (exact) mass is 434 g/mol. The van der Waals surface area contributed by atoms with Crippen LogP contribution >= 0.6 is 15.9 Å². The van der Waals surface area contributed by atoms with Crippen LogP contribution in [0.5, 0.6) is 0 Å². The number of halogens is 1. The van der Waals surface area contributed by atoms with Gasteiger partial charge in [0.05, 0.1) is 16.6 Å². The number of benzene rings is 1. The summed E-state index contributed by atoms with van der Waals surface area (Å²) in [5.41, 5.74) is 0.275. The zero-order valence-corrected chi connectivity index (χ0v) is 16.5. The molecule has 1 heterocycles. The van der Waals surface area contributed by atoms with E-state index in [1.165, 1.54) is 12.1 Å². The highest BCUT2D eigenvalue weighted by atomic mass is 79.9. The van der Waals surface area contributed by atoms with Crippen LogP contribution in [0, 0.1) is 0 Å². The molecule has 1 aromatic carbocycles. The molecule has 1 aromatic rings. The van der Waals surface area contributed by atoms with Gasteiger partial charge < -0.3 is 14.8 Å². The number of amides is 1. The number of methoxy groups -OCH3 is 1. The van der Waals surface area contributed by atoms with E-state index in [9.17, 15) is 13.2 Å². The van der Waals surface area contributed by atoms with Gasteiger partial charge in [0.2, 0.25) is 10.0 Å². The molecule has 0 spiro atoms. The average Bonchev–Trinajstić information content (AvgIpc) is 3.10. The fourth-order valence-corrected chi connectivity index (χ4v) is 3.97. The van der Waals surface area contributed by atoms with Crippen molar-refractivity contribution in [2.24, 2.45) is 0 Å². The van der Waals surface area contributed by atoms with Gasteiger partial charge in [0.25, 0.3) is 5.91 Å². The quantitative estimate of drug-likeness (QED) is 0.576. The number of sulfonamides is 1. The molecule has 0 bridgehead atoms. The second kappa shape index (κ2) is 9.63. The van der Waals surface area contributed by atoms with Crippen LogP contribution in [0.25, 0.3) is 0 Å². The lowest BCUT2D eigenvalue weighted by Gasteiger charge is -2.13. The Morgan fingerprint density at radius 2 is 2.24 bits per heavy atom. The molecule has 0 aliphatic carbocycles. The van der Waals surface area contributed by atoms with E-state index in [1.54, 1.807) is 13.2 Å². The second-order valence-corrected chi connectivity index (χ2v) is 8.35. The van der Waals surface area contributed by atoms with Crippen LogP contribution in [-0.2, 0) is 19.5 Å². The first-order valence-electron chi connectivity index (χ1n) is 8.12. The van der Waals surface area contributed by atoms with Crippen molar-refractivity contribution in [2.75, 3.05) is 33.4 Å². The number of nitrogens with one attached hydrogen (secondary N) is 2. The number of carbonyl (C=O) groups excluding carboxylic acids is 1. The first kappa shape index (κ1) is 20.3. The fraction of sp³-hybridized carbons (Fsp3) is 0.562. The van der Waals surface area contributed by atoms with Gasteiger partial charge in [0.1, 0.15) is 0 Å². The molecule has 1 amide bonds. The van der Waals surface area contributed by atoms with Gasteiger partial charge >= 0.3 is 0 Å². The summed E-state index contributed by atoms with van der Waals surface area (Å²) in [7, 11) is -2.11. The number of rotatable bonds is 9. The largest absolute Gasteiger partial charge is 0.385 e. The van der Waals surface area contributed by atoms with Crippen molar-refractivity contribution in [2.45, 2.75) is 30.3 Å². The third-order valence-electron chi connectivity index (χ3n) is 3.83. The normalized spacial score (nSPS) is 17.6. The third-order valence-corrected chi connectivity index (χ3v) is 5.94. The van der Waals surface area contributed by atoms with Crippen molar-refractivity contribution < 1.29 is 22.7 Å². The van der Waals surface area contributed by atoms with Gasteiger partial charge in [-0.2, -0.15) is 0 Å². The minimum absolute atomic E-state index is 0.0516. The molecule has 0 saturated carbocycles. The molecular formula is C16H23BrN2O5S. The zero-order valence-electron chi connectivity index (χ0n) is 14.1. The molecule has 7 nitrogen and oxygen atoms in total. The molecule has 2 rings (SSSR count). The summed E-state index contributed by atoms with van der Waals surface area (Å²) >= 11 is 3.29. The fourth-order valence-electron chi connectivity index (χ4n) is 2.45. The summed E-state index contributed by atoms with van der Waals surface area (Å²) in [6.07, 6.45) is 2.38. The molecule has 140 valence electrons. The molecule has 9 heteroatoms. The summed E-state index contributed by atoms with van der Waals surface area (Å²) < 4.78 is 38.3. The first-order chi connectivity index (χ1) is 11.9. The Morgan fingerprint density at radius 1 is 1.44 bits per heavy atom. The maximum Gasteiger partial charge on any atom is 0.252 e. The summed E-state index contributed by atoms with van der Waals surface area (Å²) in [5.74, 6) is -0.334. The molecule has 1 aliphatic heterocycles. The van der Waals surface area contributed by atoms with Crippen LogP contribution in [0.2, 0.25) is 0 Å². The number of carbonyl (C=O) groups is 1. The highest BCUT2D eigenvalue weighted by Crippen LogP contribution is 2.21. The van der Waals surface area contributed by atoms with Gasteiger partial charge in [-0.1, -0.05) is 0 Å². The van der Waals surface area contributed by atoms with Crippen molar-refractivity contribution in [1.82, 2.24) is 10.0 Å². The van der Waals surface area contributed by atoms with E-state index < -0.39 is 10.0 Å². The number of ether oxygens (including phenoxy) is 2. The summed E-state index contributed by atoms with van der Waals surface area (Å²) in [6.45, 7) is 1.89. The number of hydrogen-bond donors (Lipinski definition) is 2. The van der Waals surface area contributed by atoms with Crippen molar-refractivity contribution in [3.05, 3.63) is 28.2 Å². The highest BCUT2D eigenvalue weighted by molar-refractivity contribution is 9.10. The molecular weight excluding hydrogens is 412 g/mol. The lowest BCUT2D eigenvalue weighted by atomic mass is 10.2. The molecule has 1 unspecified atom stereocenters. The maximum atomic E-state index is 12.4. The lowest BCUT2D eigenvalue weighted by molar-refractivity contribution is 0.0947. The average molecular weight is 435 g/mol. The Hall–Kier alpha value is -1.00. The Bertz CT molecular complexity index is 690. The van der Waals surface area contributed by atoms with Crippen LogP contribution in [0.4, 0.5) is 0 Å². The Labute approximate surface area is 156 Å². The van der Waals surface area contributed by atoms with E-state index in [0.717, 1.165) is 12.8 Å². The van der Waals surface area contributed by atoms with E-state index in [0.29, 0.717) is 30.7 Å². The zero-order chi connectivity index (χ0) is 18.3. The predicted octanol–water partition coefficient (Wildman–Crippen LogP) is 1.67. The van der Waals surface area contributed by atoms with Crippen molar-refractivity contribution in [3.63, 3.8) is 0 Å². The smallest absolute Gasteiger partial charge is 0.252 e. The molecule has 0 radical (unpaired) electrons. The van der Waals surface area contributed by atoms with Gasteiger partial charge in [0.15, 0.2) is 0 Å². The second-order valence-electron chi connectivity index (χ2n) is 5.73. The van der Waals surface area contributed by atoms with E-state index >= 15 is 0 Å². The van der Waals surface area contributed by atoms with Gasteiger partial charge in [0, 0.05) is 37.9 Å². The molecule has 1 atom stereocenters. The maximum absolute atomic E-state index is 12.4. The van der Waals surface area contributed by atoms with Crippen molar-refractivity contribution in [1.29, 1.82) is 0 Å². The van der Waals surface area contributed by atoms with E-state index in [4.69, 9.17) is 9.47 Å². The lowest BCUT2D eigenvalue weighted by Crippen LogP contribution is -2.32. The van der Waals surface area contributed by atoms with Gasteiger partial charge in [-0.3, -0.25) is 4.79 Å². The van der Waals surface area contributed by atoms with Crippen LogP contribution in [0.15, 0.2) is 27.6 Å². The Balaban J connectivity index is 2.04. The molecule has 0 aromatic heterocycles. The van der Waals surface area contributed by atoms with Crippen molar-refractivity contribution >= 4 is 31.9 Å². The topological polar surface area (TPSA) is 93.7 Å². The van der Waals surface area contributed by atoms with Crippen LogP contribution in [0.3, 0.4) is 0 Å². The minimum Gasteiger partial charge on any atom is -0.385 e. The van der Waals surface area contributed by atoms with Crippen LogP contribution in [0.1, 0.15) is 29.6 Å². The van der Waals surface area contributed by atoms with Gasteiger partial charge in [-0.25, -0.2) is 13.1 Å². The van der Waals surface area contributed by atoms with Gasteiger partial charge in [-0.05, 0) is 53.4 Å². The predicted molar refractivity (Wildman–Crippen MR) is 97.1 cm³/mol. The minimum atomic E-state index is -3.70. The van der Waals surface area contributed by atoms with Crippen LogP contribution in [-0.4, -0.2) is 53.8 Å². The molecule has 1 aliphatic rings. The van der Waals surface area contributed by atoms with Gasteiger partial charge in [-0.15, -0.1) is 0 Å². The molecule has 2 N–H and O–H groups in total. The van der Waals surface area contributed by atoms with Crippen LogP contribution < -0.4 is 10.0 Å². The molecule has 1 saturated heterocycles. The van der Waals surface area contributed by atoms with E-state index in [-0.39, 0.29) is 29.0 Å². The SMILES string of the molecule is COCCCNC(=O)c1cc(S(=O)(=O)NCC2CCCO2)ccc1Br. The molecule has 1 fully saturated rings. The third kappa shape index (κ3) is 6.03. The standard InChI is InChI=1S/C16H23BrN2O5S/c1-23-8-3-7-18-16(20)14-10-13(5-6-15(14)17)25(21,22)19-11-12-4-2-9-24-12/h5-6,10,12,19H,2-4,7-9,11H2,1H3,(H,18,20). The highest BCUT2D eigenvalue weighted by Gasteiger charge is 2.22.